The van der Waals surface area contributed by atoms with Crippen molar-refractivity contribution in [1.82, 2.24) is 0 Å². The second kappa shape index (κ2) is 10.9. The number of benzene rings is 2. The first-order valence-corrected chi connectivity index (χ1v) is 12.4. The highest BCUT2D eigenvalue weighted by molar-refractivity contribution is 6.31. The minimum Gasteiger partial charge on any atom is -0.466 e. The molecule has 1 aliphatic carbocycles. The molecule has 176 valence electrons. The van der Waals surface area contributed by atoms with Crippen molar-refractivity contribution in [2.24, 2.45) is 5.92 Å². The van der Waals surface area contributed by atoms with Crippen LogP contribution in [0.3, 0.4) is 0 Å². The number of halogens is 2. The van der Waals surface area contributed by atoms with E-state index in [1.165, 1.54) is 19.3 Å². The van der Waals surface area contributed by atoms with Gasteiger partial charge in [0.1, 0.15) is 12.2 Å². The van der Waals surface area contributed by atoms with E-state index in [0.717, 1.165) is 29.7 Å². The van der Waals surface area contributed by atoms with E-state index in [4.69, 9.17) is 32.7 Å². The maximum Gasteiger partial charge on any atom is 0.308 e. The van der Waals surface area contributed by atoms with Crippen molar-refractivity contribution < 1.29 is 19.1 Å². The van der Waals surface area contributed by atoms with E-state index >= 15 is 0 Å². The molecule has 0 aromatic heterocycles. The quantitative estimate of drug-likeness (QED) is 0.443. The molecule has 1 amide bonds. The van der Waals surface area contributed by atoms with E-state index in [2.05, 4.69) is 0 Å². The van der Waals surface area contributed by atoms with E-state index < -0.39 is 18.2 Å². The Morgan fingerprint density at radius 3 is 2.58 bits per heavy atom. The van der Waals surface area contributed by atoms with Crippen LogP contribution in [0.15, 0.2) is 42.5 Å². The van der Waals surface area contributed by atoms with Crippen molar-refractivity contribution in [1.29, 1.82) is 0 Å². The minimum atomic E-state index is -0.986. The average molecular weight is 490 g/mol. The molecule has 0 unspecified atom stereocenters. The third-order valence-corrected chi connectivity index (χ3v) is 6.99. The fourth-order valence-corrected chi connectivity index (χ4v) is 5.24. The molecule has 0 radical (unpaired) electrons. The van der Waals surface area contributed by atoms with Gasteiger partial charge in [-0.05, 0) is 49.9 Å². The number of rotatable bonds is 6. The first kappa shape index (κ1) is 24.1. The van der Waals surface area contributed by atoms with Gasteiger partial charge in [-0.2, -0.15) is 0 Å². The van der Waals surface area contributed by atoms with Gasteiger partial charge in [-0.1, -0.05) is 60.7 Å². The van der Waals surface area contributed by atoms with Gasteiger partial charge < -0.3 is 14.4 Å². The lowest BCUT2D eigenvalue weighted by atomic mass is 9.88. The zero-order valence-corrected chi connectivity index (χ0v) is 20.3. The number of nitrogens with zero attached hydrogens (tertiary/aromatic N) is 1. The highest BCUT2D eigenvalue weighted by Crippen LogP contribution is 2.42. The summed E-state index contributed by atoms with van der Waals surface area (Å²) in [7, 11) is 0. The Hall–Kier alpha value is -2.08. The minimum absolute atomic E-state index is 0.156. The van der Waals surface area contributed by atoms with Crippen LogP contribution < -0.4 is 4.90 Å². The Bertz CT molecular complexity index is 1010. The maximum atomic E-state index is 13.8. The normalized spacial score (nSPS) is 21.4. The van der Waals surface area contributed by atoms with Crippen LogP contribution in [-0.2, 0) is 19.1 Å². The molecule has 2 aromatic carbocycles. The van der Waals surface area contributed by atoms with Crippen LogP contribution in [0.4, 0.5) is 5.69 Å². The van der Waals surface area contributed by atoms with Crippen molar-refractivity contribution in [3.05, 3.63) is 63.6 Å². The first-order chi connectivity index (χ1) is 16.0. The maximum absolute atomic E-state index is 13.8. The van der Waals surface area contributed by atoms with Gasteiger partial charge in [-0.25, -0.2) is 0 Å². The van der Waals surface area contributed by atoms with Gasteiger partial charge >= 0.3 is 5.97 Å². The van der Waals surface area contributed by atoms with E-state index in [1.807, 2.05) is 30.3 Å². The van der Waals surface area contributed by atoms with Gasteiger partial charge in [0.15, 0.2) is 0 Å². The lowest BCUT2D eigenvalue weighted by molar-refractivity contribution is -0.151. The highest BCUT2D eigenvalue weighted by atomic mass is 35.5. The van der Waals surface area contributed by atoms with Crippen molar-refractivity contribution in [3.8, 4) is 0 Å². The molecule has 5 nitrogen and oxygen atoms in total. The summed E-state index contributed by atoms with van der Waals surface area (Å²) in [6, 6.07) is 12.9. The van der Waals surface area contributed by atoms with Gasteiger partial charge in [0, 0.05) is 33.4 Å². The van der Waals surface area contributed by atoms with Crippen LogP contribution >= 0.6 is 23.2 Å². The second-order valence-corrected chi connectivity index (χ2v) is 9.54. The number of esters is 1. The molecular weight excluding hydrogens is 461 g/mol. The molecule has 2 aliphatic rings. The molecule has 0 spiro atoms. The average Bonchev–Trinajstić information content (AvgIpc) is 2.91. The van der Waals surface area contributed by atoms with Crippen LogP contribution in [0.2, 0.25) is 10.0 Å². The fraction of sp³-hybridized carbons (Fsp3) is 0.462. The second-order valence-electron chi connectivity index (χ2n) is 8.69. The summed E-state index contributed by atoms with van der Waals surface area (Å²) in [6.45, 7) is 2.58. The molecule has 1 fully saturated rings. The molecule has 2 atom stereocenters. The van der Waals surface area contributed by atoms with E-state index in [9.17, 15) is 9.59 Å². The molecule has 1 aliphatic heterocycles. The Morgan fingerprint density at radius 2 is 1.85 bits per heavy atom. The number of carbonyl (C=O) groups is 2. The van der Waals surface area contributed by atoms with Gasteiger partial charge in [-0.3, -0.25) is 9.59 Å². The molecule has 1 saturated carbocycles. The van der Waals surface area contributed by atoms with Crippen LogP contribution in [0.25, 0.3) is 0 Å². The summed E-state index contributed by atoms with van der Waals surface area (Å²) in [6.07, 6.45) is 3.97. The third-order valence-electron chi connectivity index (χ3n) is 6.42. The summed E-state index contributed by atoms with van der Waals surface area (Å²) in [5.74, 6) is -0.284. The summed E-state index contributed by atoms with van der Waals surface area (Å²) < 4.78 is 11.5. The third kappa shape index (κ3) is 5.53. The zero-order valence-electron chi connectivity index (χ0n) is 18.8. The number of ether oxygens (including phenoxy) is 2. The van der Waals surface area contributed by atoms with Crippen LogP contribution in [0.5, 0.6) is 0 Å². The number of amides is 1. The van der Waals surface area contributed by atoms with E-state index in [1.54, 1.807) is 24.0 Å². The summed E-state index contributed by atoms with van der Waals surface area (Å²) in [5.41, 5.74) is 2.25. The van der Waals surface area contributed by atoms with E-state index in [0.29, 0.717) is 22.5 Å². The highest BCUT2D eigenvalue weighted by Gasteiger charge is 2.39. The van der Waals surface area contributed by atoms with Crippen LogP contribution in [0, 0.1) is 5.92 Å². The molecule has 0 N–H and O–H groups in total. The van der Waals surface area contributed by atoms with Crippen molar-refractivity contribution >= 4 is 40.8 Å². The largest absolute Gasteiger partial charge is 0.466 e. The molecule has 7 heteroatoms. The lowest BCUT2D eigenvalue weighted by Crippen LogP contribution is -2.43. The lowest BCUT2D eigenvalue weighted by Gasteiger charge is -2.31. The van der Waals surface area contributed by atoms with Gasteiger partial charge in [0.2, 0.25) is 0 Å². The molecular formula is C26H29Cl2NO4. The Labute approximate surface area is 205 Å². The van der Waals surface area contributed by atoms with E-state index in [-0.39, 0.29) is 18.9 Å². The van der Waals surface area contributed by atoms with Gasteiger partial charge in [0.25, 0.3) is 5.91 Å². The van der Waals surface area contributed by atoms with Crippen molar-refractivity contribution in [2.45, 2.75) is 57.7 Å². The molecule has 0 saturated heterocycles. The predicted octanol–water partition coefficient (Wildman–Crippen LogP) is 6.35. The predicted molar refractivity (Wildman–Crippen MR) is 130 cm³/mol. The summed E-state index contributed by atoms with van der Waals surface area (Å²) >= 11 is 12.9. The number of hydrogen-bond donors (Lipinski definition) is 0. The fourth-order valence-electron chi connectivity index (χ4n) is 4.82. The first-order valence-electron chi connectivity index (χ1n) is 11.6. The molecule has 4 rings (SSSR count). The molecule has 1 heterocycles. The number of hydrogen-bond acceptors (Lipinski definition) is 4. The van der Waals surface area contributed by atoms with Gasteiger partial charge in [0.05, 0.1) is 13.0 Å². The molecule has 0 bridgehead atoms. The Kier molecular flexibility index (Phi) is 7.94. The number of fused-ring (bicyclic) bond motifs is 1. The zero-order chi connectivity index (χ0) is 23.4. The summed E-state index contributed by atoms with van der Waals surface area (Å²) in [5, 5.41) is 1.07. The topological polar surface area (TPSA) is 55.8 Å². The standard InChI is InChI=1S/C26H29Cl2NO4/c1-2-32-24(30)15-23-26(31)29(16-17-8-4-3-5-9-17)22-13-12-18(27)14-20(22)25(33-23)19-10-6-7-11-21(19)28/h6-7,10-14,17,23,25H,2-5,8-9,15-16H2,1H3/t23-,25-/m0/s1. The van der Waals surface area contributed by atoms with Crippen LogP contribution in [-0.4, -0.2) is 31.1 Å². The Balaban J connectivity index is 1.79. The summed E-state index contributed by atoms with van der Waals surface area (Å²) in [4.78, 5) is 28.0. The Morgan fingerprint density at radius 1 is 1.09 bits per heavy atom. The molecule has 33 heavy (non-hydrogen) atoms. The monoisotopic (exact) mass is 489 g/mol. The van der Waals surface area contributed by atoms with Crippen molar-refractivity contribution in [2.75, 3.05) is 18.1 Å². The molecule has 2 aromatic rings. The smallest absolute Gasteiger partial charge is 0.308 e. The number of carbonyl (C=O) groups excluding carboxylic acids is 2. The van der Waals surface area contributed by atoms with Crippen LogP contribution in [0.1, 0.15) is 62.7 Å². The van der Waals surface area contributed by atoms with Gasteiger partial charge in [-0.15, -0.1) is 0 Å². The van der Waals surface area contributed by atoms with Crippen molar-refractivity contribution in [3.63, 3.8) is 0 Å². The number of anilines is 1. The SMILES string of the molecule is CCOC(=O)C[C@@H]1O[C@@H](c2ccccc2Cl)c2cc(Cl)ccc2N(CC2CCCCC2)C1=O.